The molecule has 1 fully saturated rings. The number of nitrogens with zero attached hydrogens (tertiary/aromatic N) is 2. The summed E-state index contributed by atoms with van der Waals surface area (Å²) in [6.45, 7) is 1.97. The molecule has 2 N–H and O–H groups in total. The lowest BCUT2D eigenvalue weighted by Crippen LogP contribution is -2.25. The predicted octanol–water partition coefficient (Wildman–Crippen LogP) is 5.73. The second-order valence-electron chi connectivity index (χ2n) is 7.28. The van der Waals surface area contributed by atoms with Gasteiger partial charge >= 0.3 is 0 Å². The fourth-order valence-electron chi connectivity index (χ4n) is 3.23. The summed E-state index contributed by atoms with van der Waals surface area (Å²) in [7, 11) is 0. The Morgan fingerprint density at radius 1 is 1.09 bits per heavy atom. The fourth-order valence-corrected chi connectivity index (χ4v) is 6.38. The zero-order valence-electron chi connectivity index (χ0n) is 17.5. The normalized spacial score (nSPS) is 13.3. The van der Waals surface area contributed by atoms with E-state index in [1.807, 2.05) is 30.3 Å². The summed E-state index contributed by atoms with van der Waals surface area (Å²) in [4.78, 5) is 31.3. The zero-order chi connectivity index (χ0) is 23.2. The molecule has 11 heteroatoms. The highest BCUT2D eigenvalue weighted by Gasteiger charge is 2.16. The lowest BCUT2D eigenvalue weighted by molar-refractivity contribution is -0.114. The average Bonchev–Trinajstić information content (AvgIpc) is 3.47. The topological polar surface area (TPSA) is 74.3 Å². The van der Waals surface area contributed by atoms with Crippen LogP contribution < -0.4 is 10.6 Å². The number of para-hydroxylation sites is 1. The van der Waals surface area contributed by atoms with Crippen LogP contribution in [0.15, 0.2) is 46.8 Å². The van der Waals surface area contributed by atoms with Gasteiger partial charge in [-0.3, -0.25) is 9.59 Å². The third-order valence-electron chi connectivity index (χ3n) is 4.82. The first-order valence-electron chi connectivity index (χ1n) is 10.3. The van der Waals surface area contributed by atoms with Crippen molar-refractivity contribution in [2.45, 2.75) is 17.2 Å². The summed E-state index contributed by atoms with van der Waals surface area (Å²) in [6.07, 6.45) is 2.32. The highest BCUT2D eigenvalue weighted by Crippen LogP contribution is 2.31. The van der Waals surface area contributed by atoms with Crippen molar-refractivity contribution in [2.75, 3.05) is 35.2 Å². The van der Waals surface area contributed by atoms with Crippen molar-refractivity contribution in [1.82, 2.24) is 9.88 Å². The number of carbonyl (C=O) groups excluding carboxylic acids is 2. The van der Waals surface area contributed by atoms with Gasteiger partial charge in [-0.05, 0) is 43.2 Å². The van der Waals surface area contributed by atoms with Crippen LogP contribution in [0.5, 0.6) is 0 Å². The van der Waals surface area contributed by atoms with Gasteiger partial charge in [-0.25, -0.2) is 4.98 Å². The van der Waals surface area contributed by atoms with Gasteiger partial charge in [0.2, 0.25) is 11.8 Å². The lowest BCUT2D eigenvalue weighted by Gasteiger charge is -2.17. The van der Waals surface area contributed by atoms with E-state index in [2.05, 4.69) is 20.5 Å². The molecule has 0 spiro atoms. The Morgan fingerprint density at radius 2 is 1.85 bits per heavy atom. The molecule has 3 aromatic rings. The van der Waals surface area contributed by atoms with Crippen molar-refractivity contribution in [3.8, 4) is 0 Å². The van der Waals surface area contributed by atoms with Gasteiger partial charge in [-0.2, -0.15) is 0 Å². The molecule has 0 radical (unpaired) electrons. The maximum atomic E-state index is 12.3. The molecule has 2 heterocycles. The summed E-state index contributed by atoms with van der Waals surface area (Å²) in [6, 6.07) is 12.7. The summed E-state index contributed by atoms with van der Waals surface area (Å²) < 4.78 is 2.53. The SMILES string of the molecule is O=C(CSC(=S)N1CCCC1)Nc1ccc2nc(SCC(=O)Nc3ccccc3Cl)sc2c1. The third-order valence-corrected chi connectivity index (χ3v) is 8.83. The molecular weight excluding hydrogens is 516 g/mol. The minimum atomic E-state index is -0.148. The number of benzene rings is 2. The lowest BCUT2D eigenvalue weighted by atomic mass is 10.3. The van der Waals surface area contributed by atoms with E-state index in [9.17, 15) is 9.59 Å². The molecule has 4 rings (SSSR count). The largest absolute Gasteiger partial charge is 0.358 e. The van der Waals surface area contributed by atoms with Crippen LogP contribution in [0.1, 0.15) is 12.8 Å². The molecule has 1 aliphatic heterocycles. The Labute approximate surface area is 214 Å². The van der Waals surface area contributed by atoms with Crippen molar-refractivity contribution < 1.29 is 9.59 Å². The second-order valence-corrected chi connectivity index (χ2v) is 11.5. The van der Waals surface area contributed by atoms with Gasteiger partial charge in [0.05, 0.1) is 32.4 Å². The first kappa shape index (κ1) is 24.3. The molecule has 172 valence electrons. The van der Waals surface area contributed by atoms with E-state index in [0.29, 0.717) is 10.7 Å². The van der Waals surface area contributed by atoms with Gasteiger partial charge in [0, 0.05) is 18.8 Å². The molecule has 1 saturated heterocycles. The molecule has 0 aliphatic carbocycles. The quantitative estimate of drug-likeness (QED) is 0.295. The van der Waals surface area contributed by atoms with Crippen LogP contribution in [-0.4, -0.2) is 50.6 Å². The van der Waals surface area contributed by atoms with E-state index < -0.39 is 0 Å². The van der Waals surface area contributed by atoms with E-state index in [-0.39, 0.29) is 23.3 Å². The van der Waals surface area contributed by atoms with Crippen molar-refractivity contribution >= 4 is 96.4 Å². The molecule has 1 aliphatic rings. The Bertz CT molecular complexity index is 1180. The number of aromatic nitrogens is 1. The van der Waals surface area contributed by atoms with Crippen LogP contribution in [0.4, 0.5) is 11.4 Å². The molecule has 2 amide bonds. The monoisotopic (exact) mass is 536 g/mol. The molecule has 0 atom stereocenters. The Morgan fingerprint density at radius 3 is 2.64 bits per heavy atom. The first-order valence-corrected chi connectivity index (χ1v) is 13.8. The van der Waals surface area contributed by atoms with Crippen LogP contribution in [0.2, 0.25) is 5.02 Å². The highest BCUT2D eigenvalue weighted by atomic mass is 35.5. The molecule has 6 nitrogen and oxygen atoms in total. The van der Waals surface area contributed by atoms with Gasteiger partial charge in [-0.15, -0.1) is 11.3 Å². The number of nitrogens with one attached hydrogen (secondary N) is 2. The van der Waals surface area contributed by atoms with E-state index in [1.165, 1.54) is 34.9 Å². The minimum absolute atomic E-state index is 0.0868. The summed E-state index contributed by atoms with van der Waals surface area (Å²) in [5.74, 6) is 0.279. The fraction of sp³-hybridized carbons (Fsp3) is 0.273. The van der Waals surface area contributed by atoms with Crippen molar-refractivity contribution in [1.29, 1.82) is 0 Å². The number of rotatable bonds is 7. The molecule has 33 heavy (non-hydrogen) atoms. The van der Waals surface area contributed by atoms with Crippen LogP contribution in [-0.2, 0) is 9.59 Å². The van der Waals surface area contributed by atoms with Crippen LogP contribution in [0.25, 0.3) is 10.2 Å². The van der Waals surface area contributed by atoms with E-state index >= 15 is 0 Å². The molecule has 0 saturated carbocycles. The second kappa shape index (κ2) is 11.5. The number of likely N-dealkylation sites (tertiary alicyclic amines) is 1. The smallest absolute Gasteiger partial charge is 0.234 e. The number of thiazole rings is 1. The molecule has 2 aromatic carbocycles. The summed E-state index contributed by atoms with van der Waals surface area (Å²) in [5, 5.41) is 6.24. The minimum Gasteiger partial charge on any atom is -0.358 e. The molecule has 1 aromatic heterocycles. The van der Waals surface area contributed by atoms with E-state index in [0.717, 1.165) is 50.5 Å². The number of anilines is 2. The van der Waals surface area contributed by atoms with Gasteiger partial charge in [0.15, 0.2) is 4.34 Å². The van der Waals surface area contributed by atoms with Crippen LogP contribution in [0.3, 0.4) is 0 Å². The predicted molar refractivity (Wildman–Crippen MR) is 145 cm³/mol. The number of hydrogen-bond acceptors (Lipinski definition) is 7. The number of fused-ring (bicyclic) bond motifs is 1. The average molecular weight is 537 g/mol. The standard InChI is InChI=1S/C22H21ClN4O2S4/c23-15-5-1-2-6-16(15)25-20(29)12-31-21-26-17-8-7-14(11-18(17)33-21)24-19(28)13-32-22(30)27-9-3-4-10-27/h1-2,5-8,11H,3-4,9-10,12-13H2,(H,24,28)(H,25,29). The first-order chi connectivity index (χ1) is 16.0. The van der Waals surface area contributed by atoms with E-state index in [4.69, 9.17) is 23.8 Å². The van der Waals surface area contributed by atoms with E-state index in [1.54, 1.807) is 12.1 Å². The number of amides is 2. The Kier molecular flexibility index (Phi) is 8.48. The van der Waals surface area contributed by atoms with Gasteiger partial charge < -0.3 is 15.5 Å². The van der Waals surface area contributed by atoms with Crippen molar-refractivity contribution in [2.24, 2.45) is 0 Å². The maximum absolute atomic E-state index is 12.3. The summed E-state index contributed by atoms with van der Waals surface area (Å²) >= 11 is 15.8. The Balaban J connectivity index is 1.28. The number of thioether (sulfide) groups is 2. The van der Waals surface area contributed by atoms with Gasteiger partial charge in [0.1, 0.15) is 4.32 Å². The Hall–Kier alpha value is -1.85. The maximum Gasteiger partial charge on any atom is 0.234 e. The number of carbonyl (C=O) groups is 2. The van der Waals surface area contributed by atoms with Gasteiger partial charge in [0.25, 0.3) is 0 Å². The van der Waals surface area contributed by atoms with Crippen LogP contribution >= 0.6 is 58.7 Å². The highest BCUT2D eigenvalue weighted by molar-refractivity contribution is 8.23. The third kappa shape index (κ3) is 6.83. The summed E-state index contributed by atoms with van der Waals surface area (Å²) in [5.41, 5.74) is 2.14. The number of thiocarbonyl (C=S) groups is 1. The van der Waals surface area contributed by atoms with Crippen molar-refractivity contribution in [3.63, 3.8) is 0 Å². The van der Waals surface area contributed by atoms with Crippen LogP contribution in [0, 0.1) is 0 Å². The zero-order valence-corrected chi connectivity index (χ0v) is 21.5. The number of hydrogen-bond donors (Lipinski definition) is 2. The van der Waals surface area contributed by atoms with Crippen molar-refractivity contribution in [3.05, 3.63) is 47.5 Å². The molecular formula is C22H21ClN4O2S4. The molecule has 0 unspecified atom stereocenters. The molecule has 0 bridgehead atoms. The number of halogens is 1. The van der Waals surface area contributed by atoms with Gasteiger partial charge in [-0.1, -0.05) is 59.5 Å².